The van der Waals surface area contributed by atoms with Crippen molar-refractivity contribution >= 4 is 17.3 Å². The van der Waals surface area contributed by atoms with Crippen molar-refractivity contribution in [1.29, 1.82) is 0 Å². The topological polar surface area (TPSA) is 47.3 Å². The zero-order chi connectivity index (χ0) is 15.0. The molecule has 1 aliphatic rings. The lowest BCUT2D eigenvalue weighted by Crippen LogP contribution is -2.38. The summed E-state index contributed by atoms with van der Waals surface area (Å²) in [6.07, 6.45) is 0. The average Bonchev–Trinajstić information content (AvgIpc) is 2.46. The Morgan fingerprint density at radius 2 is 2.14 bits per heavy atom. The molecule has 3 nitrogen and oxygen atoms in total. The third kappa shape index (κ3) is 2.69. The number of rotatable bonds is 2. The average molecular weight is 307 g/mol. The summed E-state index contributed by atoms with van der Waals surface area (Å²) in [7, 11) is 0. The molecule has 21 heavy (non-hydrogen) atoms. The van der Waals surface area contributed by atoms with Gasteiger partial charge in [0.05, 0.1) is 11.7 Å². The number of anilines is 1. The van der Waals surface area contributed by atoms with E-state index in [2.05, 4.69) is 5.32 Å². The van der Waals surface area contributed by atoms with Crippen molar-refractivity contribution in [2.24, 2.45) is 5.73 Å². The smallest absolute Gasteiger partial charge is 0.146 e. The predicted octanol–water partition coefficient (Wildman–Crippen LogP) is 3.59. The van der Waals surface area contributed by atoms with Crippen LogP contribution in [0.15, 0.2) is 30.3 Å². The summed E-state index contributed by atoms with van der Waals surface area (Å²) in [6.45, 7) is 2.84. The van der Waals surface area contributed by atoms with E-state index in [0.29, 0.717) is 23.9 Å². The number of benzene rings is 2. The van der Waals surface area contributed by atoms with Gasteiger partial charge in [-0.15, -0.1) is 0 Å². The Labute approximate surface area is 127 Å². The zero-order valence-corrected chi connectivity index (χ0v) is 12.4. The second-order valence-corrected chi connectivity index (χ2v) is 5.61. The van der Waals surface area contributed by atoms with Gasteiger partial charge < -0.3 is 15.8 Å². The molecule has 0 aromatic heterocycles. The van der Waals surface area contributed by atoms with E-state index < -0.39 is 0 Å². The third-order valence-electron chi connectivity index (χ3n) is 3.62. The summed E-state index contributed by atoms with van der Waals surface area (Å²) < 4.78 is 19.5. The van der Waals surface area contributed by atoms with Gasteiger partial charge in [0.1, 0.15) is 18.2 Å². The summed E-state index contributed by atoms with van der Waals surface area (Å²) in [6, 6.07) is 8.47. The first-order valence-electron chi connectivity index (χ1n) is 6.78. The predicted molar refractivity (Wildman–Crippen MR) is 83.5 cm³/mol. The van der Waals surface area contributed by atoms with E-state index >= 15 is 0 Å². The first-order chi connectivity index (χ1) is 10.1. The zero-order valence-electron chi connectivity index (χ0n) is 11.6. The fourth-order valence-corrected chi connectivity index (χ4v) is 2.78. The highest BCUT2D eigenvalue weighted by atomic mass is 35.5. The van der Waals surface area contributed by atoms with Crippen LogP contribution in [0.3, 0.4) is 0 Å². The number of ether oxygens (including phenoxy) is 1. The van der Waals surface area contributed by atoms with Crippen molar-refractivity contribution < 1.29 is 9.13 Å². The number of nitrogens with two attached hydrogens (primary N) is 1. The summed E-state index contributed by atoms with van der Waals surface area (Å²) in [4.78, 5) is 0. The summed E-state index contributed by atoms with van der Waals surface area (Å²) in [5.41, 5.74) is 9.14. The Morgan fingerprint density at radius 1 is 1.33 bits per heavy atom. The fourth-order valence-electron chi connectivity index (χ4n) is 2.55. The minimum absolute atomic E-state index is 0.0225. The van der Waals surface area contributed by atoms with Crippen LogP contribution in [-0.4, -0.2) is 19.2 Å². The van der Waals surface area contributed by atoms with E-state index in [1.54, 1.807) is 6.07 Å². The van der Waals surface area contributed by atoms with E-state index in [-0.39, 0.29) is 11.9 Å². The fraction of sp³-hybridized carbons (Fsp3) is 0.250. The van der Waals surface area contributed by atoms with Gasteiger partial charge in [-0.05, 0) is 36.2 Å². The minimum atomic E-state index is -0.328. The lowest BCUT2D eigenvalue weighted by Gasteiger charge is -2.29. The van der Waals surface area contributed by atoms with E-state index in [9.17, 15) is 4.39 Å². The number of fused-ring (bicyclic) bond motifs is 1. The Kier molecular flexibility index (Phi) is 3.74. The van der Waals surface area contributed by atoms with Crippen LogP contribution in [0.25, 0.3) is 11.1 Å². The lowest BCUT2D eigenvalue weighted by molar-refractivity contribution is 0.285. The molecule has 0 radical (unpaired) electrons. The van der Waals surface area contributed by atoms with Gasteiger partial charge in [0, 0.05) is 23.2 Å². The highest BCUT2D eigenvalue weighted by molar-refractivity contribution is 6.30. The SMILES string of the molecule is Cc1cc(Cl)ccc1-c1cc(F)cc2c1NC(CN)CO2. The van der Waals surface area contributed by atoms with Crippen LogP contribution in [0.4, 0.5) is 10.1 Å². The number of halogens is 2. The summed E-state index contributed by atoms with van der Waals surface area (Å²) in [5, 5.41) is 3.99. The minimum Gasteiger partial charge on any atom is -0.489 e. The molecule has 1 atom stereocenters. The van der Waals surface area contributed by atoms with Gasteiger partial charge >= 0.3 is 0 Å². The normalized spacial score (nSPS) is 16.9. The molecule has 0 bridgehead atoms. The van der Waals surface area contributed by atoms with Crippen LogP contribution in [0.1, 0.15) is 5.56 Å². The number of hydrogen-bond acceptors (Lipinski definition) is 3. The molecular formula is C16H16ClFN2O. The molecule has 0 fully saturated rings. The van der Waals surface area contributed by atoms with Gasteiger partial charge in [0.25, 0.3) is 0 Å². The maximum atomic E-state index is 13.9. The van der Waals surface area contributed by atoms with Crippen LogP contribution in [0, 0.1) is 12.7 Å². The Bertz CT molecular complexity index is 690. The molecule has 2 aromatic rings. The van der Waals surface area contributed by atoms with Gasteiger partial charge in [0.2, 0.25) is 0 Å². The lowest BCUT2D eigenvalue weighted by atomic mass is 9.97. The third-order valence-corrected chi connectivity index (χ3v) is 3.85. The van der Waals surface area contributed by atoms with Crippen LogP contribution >= 0.6 is 11.6 Å². The molecule has 110 valence electrons. The van der Waals surface area contributed by atoms with Gasteiger partial charge in [-0.2, -0.15) is 0 Å². The van der Waals surface area contributed by atoms with Gasteiger partial charge in [-0.25, -0.2) is 4.39 Å². The van der Waals surface area contributed by atoms with Gasteiger partial charge in [-0.3, -0.25) is 0 Å². The molecule has 3 N–H and O–H groups in total. The number of hydrogen-bond donors (Lipinski definition) is 2. The second-order valence-electron chi connectivity index (χ2n) is 5.17. The van der Waals surface area contributed by atoms with E-state index in [1.165, 1.54) is 12.1 Å². The van der Waals surface area contributed by atoms with Crippen LogP contribution in [-0.2, 0) is 0 Å². The van der Waals surface area contributed by atoms with Crippen molar-refractivity contribution in [1.82, 2.24) is 0 Å². The molecule has 0 spiro atoms. The van der Waals surface area contributed by atoms with E-state index in [4.69, 9.17) is 22.1 Å². The van der Waals surface area contributed by atoms with Crippen molar-refractivity contribution in [3.63, 3.8) is 0 Å². The first-order valence-corrected chi connectivity index (χ1v) is 7.15. The van der Waals surface area contributed by atoms with Gasteiger partial charge in [0.15, 0.2) is 0 Å². The molecular weight excluding hydrogens is 291 g/mol. The highest BCUT2D eigenvalue weighted by Crippen LogP contribution is 2.40. The first kappa shape index (κ1) is 14.2. The van der Waals surface area contributed by atoms with Gasteiger partial charge in [-0.1, -0.05) is 17.7 Å². The molecule has 1 heterocycles. The molecule has 0 aliphatic carbocycles. The number of nitrogens with one attached hydrogen (secondary N) is 1. The molecule has 5 heteroatoms. The van der Waals surface area contributed by atoms with Crippen LogP contribution in [0.2, 0.25) is 5.02 Å². The molecule has 1 unspecified atom stereocenters. The largest absolute Gasteiger partial charge is 0.489 e. The molecule has 2 aromatic carbocycles. The van der Waals surface area contributed by atoms with E-state index in [1.807, 2.05) is 19.1 Å². The summed E-state index contributed by atoms with van der Waals surface area (Å²) in [5.74, 6) is 0.190. The van der Waals surface area contributed by atoms with E-state index in [0.717, 1.165) is 22.4 Å². The Balaban J connectivity index is 2.16. The number of aryl methyl sites for hydroxylation is 1. The van der Waals surface area contributed by atoms with Crippen molar-refractivity contribution in [3.05, 3.63) is 46.7 Å². The monoisotopic (exact) mass is 306 g/mol. The molecule has 0 saturated heterocycles. The maximum absolute atomic E-state index is 13.9. The van der Waals surface area contributed by atoms with Crippen molar-refractivity contribution in [2.45, 2.75) is 13.0 Å². The molecule has 0 saturated carbocycles. The van der Waals surface area contributed by atoms with Crippen LogP contribution in [0.5, 0.6) is 5.75 Å². The Morgan fingerprint density at radius 3 is 2.86 bits per heavy atom. The highest BCUT2D eigenvalue weighted by Gasteiger charge is 2.23. The molecule has 3 rings (SSSR count). The summed E-state index contributed by atoms with van der Waals surface area (Å²) >= 11 is 5.99. The van der Waals surface area contributed by atoms with Crippen molar-refractivity contribution in [2.75, 3.05) is 18.5 Å². The second kappa shape index (κ2) is 5.54. The molecule has 0 amide bonds. The maximum Gasteiger partial charge on any atom is 0.146 e. The standard InChI is InChI=1S/C16H16ClFN2O/c1-9-4-10(17)2-3-13(9)14-5-11(18)6-15-16(14)20-12(7-19)8-21-15/h2-6,12,20H,7-8,19H2,1H3. The molecule has 1 aliphatic heterocycles. The van der Waals surface area contributed by atoms with Crippen LogP contribution < -0.4 is 15.8 Å². The Hall–Kier alpha value is -1.78. The quantitative estimate of drug-likeness (QED) is 0.891. The van der Waals surface area contributed by atoms with Crippen molar-refractivity contribution in [3.8, 4) is 16.9 Å².